The predicted molar refractivity (Wildman–Crippen MR) is 96.5 cm³/mol. The van der Waals surface area contributed by atoms with Crippen molar-refractivity contribution in [2.75, 3.05) is 18.6 Å². The van der Waals surface area contributed by atoms with Crippen LogP contribution in [0.5, 0.6) is 5.75 Å². The third-order valence-electron chi connectivity index (χ3n) is 4.46. The zero-order valence-corrected chi connectivity index (χ0v) is 14.5. The molecule has 1 aliphatic rings. The summed E-state index contributed by atoms with van der Waals surface area (Å²) in [6.45, 7) is 2.87. The van der Waals surface area contributed by atoms with Crippen LogP contribution in [0.3, 0.4) is 0 Å². The number of rotatable bonds is 5. The van der Waals surface area contributed by atoms with E-state index in [2.05, 4.69) is 5.32 Å². The third-order valence-corrected chi connectivity index (χ3v) is 4.46. The van der Waals surface area contributed by atoms with Crippen LogP contribution in [0.4, 0.5) is 5.69 Å². The molecule has 0 saturated carbocycles. The van der Waals surface area contributed by atoms with Gasteiger partial charge in [-0.05, 0) is 24.6 Å². The molecule has 0 bridgehead atoms. The number of methoxy groups -OCH3 is 1. The molecular weight excluding hydrogens is 316 g/mol. The molecule has 1 aliphatic heterocycles. The number of aryl methyl sites for hydroxylation is 1. The van der Waals surface area contributed by atoms with Gasteiger partial charge < -0.3 is 15.0 Å². The van der Waals surface area contributed by atoms with Crippen LogP contribution in [0.15, 0.2) is 48.5 Å². The van der Waals surface area contributed by atoms with Gasteiger partial charge in [0, 0.05) is 19.5 Å². The molecule has 2 aromatic rings. The van der Waals surface area contributed by atoms with E-state index in [0.717, 1.165) is 5.56 Å². The summed E-state index contributed by atoms with van der Waals surface area (Å²) in [5, 5.41) is 2.93. The summed E-state index contributed by atoms with van der Waals surface area (Å²) < 4.78 is 5.32. The molecule has 5 nitrogen and oxygen atoms in total. The second-order valence-corrected chi connectivity index (χ2v) is 6.28. The maximum absolute atomic E-state index is 12.4. The molecule has 0 spiro atoms. The molecule has 0 radical (unpaired) electrons. The van der Waals surface area contributed by atoms with Crippen molar-refractivity contribution < 1.29 is 14.3 Å². The standard InChI is InChI=1S/C20H22N2O3/c1-14-7-9-15(10-8-14)12-21-20(24)16-11-19(23)22(13-16)17-5-3-4-6-18(17)25-2/h3-10,16H,11-13H2,1-2H3,(H,21,24)/t16-/m0/s1. The zero-order valence-electron chi connectivity index (χ0n) is 14.5. The summed E-state index contributed by atoms with van der Waals surface area (Å²) in [6.07, 6.45) is 0.220. The van der Waals surface area contributed by atoms with Gasteiger partial charge in [-0.25, -0.2) is 0 Å². The number of hydrogen-bond donors (Lipinski definition) is 1. The first kappa shape index (κ1) is 17.0. The lowest BCUT2D eigenvalue weighted by molar-refractivity contribution is -0.126. The van der Waals surface area contributed by atoms with Gasteiger partial charge in [0.15, 0.2) is 0 Å². The summed E-state index contributed by atoms with van der Waals surface area (Å²) in [5.74, 6) is 0.144. The number of anilines is 1. The maximum atomic E-state index is 12.4. The van der Waals surface area contributed by atoms with Crippen molar-refractivity contribution in [1.82, 2.24) is 5.32 Å². The first-order valence-electron chi connectivity index (χ1n) is 8.35. The Morgan fingerprint density at radius 3 is 2.64 bits per heavy atom. The Hall–Kier alpha value is -2.82. The molecule has 1 saturated heterocycles. The van der Waals surface area contributed by atoms with Crippen molar-refractivity contribution >= 4 is 17.5 Å². The number of ether oxygens (including phenoxy) is 1. The fourth-order valence-electron chi connectivity index (χ4n) is 3.01. The molecule has 5 heteroatoms. The van der Waals surface area contributed by atoms with E-state index in [1.807, 2.05) is 55.5 Å². The van der Waals surface area contributed by atoms with Crippen molar-refractivity contribution in [3.63, 3.8) is 0 Å². The lowest BCUT2D eigenvalue weighted by Crippen LogP contribution is -2.32. The number of carbonyl (C=O) groups excluding carboxylic acids is 2. The first-order chi connectivity index (χ1) is 12.1. The van der Waals surface area contributed by atoms with Crippen molar-refractivity contribution in [2.24, 2.45) is 5.92 Å². The SMILES string of the molecule is COc1ccccc1N1C[C@@H](C(=O)NCc2ccc(C)cc2)CC1=O. The van der Waals surface area contributed by atoms with Gasteiger partial charge in [0.1, 0.15) is 5.75 Å². The fourth-order valence-corrected chi connectivity index (χ4v) is 3.01. The van der Waals surface area contributed by atoms with E-state index in [1.165, 1.54) is 5.56 Å². The Bertz CT molecular complexity index is 771. The van der Waals surface area contributed by atoms with Crippen LogP contribution in [-0.2, 0) is 16.1 Å². The molecule has 2 amide bonds. The monoisotopic (exact) mass is 338 g/mol. The summed E-state index contributed by atoms with van der Waals surface area (Å²) >= 11 is 0. The summed E-state index contributed by atoms with van der Waals surface area (Å²) in [7, 11) is 1.57. The minimum Gasteiger partial charge on any atom is -0.495 e. The highest BCUT2D eigenvalue weighted by atomic mass is 16.5. The maximum Gasteiger partial charge on any atom is 0.227 e. The van der Waals surface area contributed by atoms with E-state index < -0.39 is 0 Å². The average molecular weight is 338 g/mol. The van der Waals surface area contributed by atoms with Crippen molar-refractivity contribution in [3.05, 3.63) is 59.7 Å². The Kier molecular flexibility index (Phi) is 5.03. The highest BCUT2D eigenvalue weighted by Crippen LogP contribution is 2.32. The predicted octanol–water partition coefficient (Wildman–Crippen LogP) is 2.67. The molecule has 3 rings (SSSR count). The van der Waals surface area contributed by atoms with Crippen molar-refractivity contribution in [3.8, 4) is 5.75 Å². The molecule has 0 aromatic heterocycles. The molecular formula is C20H22N2O3. The Balaban J connectivity index is 1.63. The molecule has 1 fully saturated rings. The van der Waals surface area contributed by atoms with Gasteiger partial charge in [-0.1, -0.05) is 42.0 Å². The van der Waals surface area contributed by atoms with E-state index in [9.17, 15) is 9.59 Å². The van der Waals surface area contributed by atoms with Crippen LogP contribution in [0.25, 0.3) is 0 Å². The highest BCUT2D eigenvalue weighted by Gasteiger charge is 2.36. The molecule has 2 aromatic carbocycles. The first-order valence-corrected chi connectivity index (χ1v) is 8.35. The van der Waals surface area contributed by atoms with E-state index in [4.69, 9.17) is 4.74 Å². The van der Waals surface area contributed by atoms with Crippen molar-refractivity contribution in [1.29, 1.82) is 0 Å². The highest BCUT2D eigenvalue weighted by molar-refractivity contribution is 6.01. The van der Waals surface area contributed by atoms with Gasteiger partial charge in [-0.3, -0.25) is 9.59 Å². The normalized spacial score (nSPS) is 16.8. The van der Waals surface area contributed by atoms with Gasteiger partial charge >= 0.3 is 0 Å². The van der Waals surface area contributed by atoms with Gasteiger partial charge in [0.25, 0.3) is 0 Å². The molecule has 1 atom stereocenters. The number of nitrogens with zero attached hydrogens (tertiary/aromatic N) is 1. The van der Waals surface area contributed by atoms with Crippen LogP contribution in [-0.4, -0.2) is 25.5 Å². The minimum atomic E-state index is -0.345. The van der Waals surface area contributed by atoms with E-state index in [1.54, 1.807) is 12.0 Å². The summed E-state index contributed by atoms with van der Waals surface area (Å²) in [5.41, 5.74) is 2.94. The Labute approximate surface area is 147 Å². The molecule has 1 N–H and O–H groups in total. The lowest BCUT2D eigenvalue weighted by atomic mass is 10.1. The van der Waals surface area contributed by atoms with Gasteiger partial charge in [0.2, 0.25) is 11.8 Å². The second-order valence-electron chi connectivity index (χ2n) is 6.28. The van der Waals surface area contributed by atoms with E-state index in [0.29, 0.717) is 24.5 Å². The van der Waals surface area contributed by atoms with Crippen LogP contribution in [0.2, 0.25) is 0 Å². The number of carbonyl (C=O) groups is 2. The molecule has 25 heavy (non-hydrogen) atoms. The van der Waals surface area contributed by atoms with Crippen molar-refractivity contribution in [2.45, 2.75) is 19.9 Å². The number of para-hydroxylation sites is 2. The molecule has 0 unspecified atom stereocenters. The summed E-state index contributed by atoms with van der Waals surface area (Å²) in [4.78, 5) is 26.4. The van der Waals surface area contributed by atoms with Crippen LogP contribution in [0, 0.1) is 12.8 Å². The second kappa shape index (κ2) is 7.38. The smallest absolute Gasteiger partial charge is 0.227 e. The van der Waals surface area contributed by atoms with Crippen LogP contribution in [0.1, 0.15) is 17.5 Å². The minimum absolute atomic E-state index is 0.0556. The Morgan fingerprint density at radius 2 is 1.92 bits per heavy atom. The van der Waals surface area contributed by atoms with Crippen LogP contribution < -0.4 is 15.0 Å². The van der Waals surface area contributed by atoms with Gasteiger partial charge in [-0.2, -0.15) is 0 Å². The Morgan fingerprint density at radius 1 is 1.20 bits per heavy atom. The quantitative estimate of drug-likeness (QED) is 0.912. The molecule has 1 heterocycles. The van der Waals surface area contributed by atoms with Gasteiger partial charge in [-0.15, -0.1) is 0 Å². The number of nitrogens with one attached hydrogen (secondary N) is 1. The summed E-state index contributed by atoms with van der Waals surface area (Å²) in [6, 6.07) is 15.4. The average Bonchev–Trinajstić information content (AvgIpc) is 3.02. The topological polar surface area (TPSA) is 58.6 Å². The zero-order chi connectivity index (χ0) is 17.8. The largest absolute Gasteiger partial charge is 0.495 e. The fraction of sp³-hybridized carbons (Fsp3) is 0.300. The van der Waals surface area contributed by atoms with E-state index in [-0.39, 0.29) is 24.2 Å². The number of benzene rings is 2. The third kappa shape index (κ3) is 3.82. The lowest BCUT2D eigenvalue weighted by Gasteiger charge is -2.19. The van der Waals surface area contributed by atoms with Crippen LogP contribution >= 0.6 is 0 Å². The van der Waals surface area contributed by atoms with Gasteiger partial charge in [0.05, 0.1) is 18.7 Å². The molecule has 0 aliphatic carbocycles. The molecule has 130 valence electrons. The number of hydrogen-bond acceptors (Lipinski definition) is 3. The van der Waals surface area contributed by atoms with E-state index >= 15 is 0 Å². The number of amides is 2.